The van der Waals surface area contributed by atoms with Gasteiger partial charge in [-0.15, -0.1) is 16.4 Å². The number of aromatic nitrogens is 4. The molecule has 0 fully saturated rings. The summed E-state index contributed by atoms with van der Waals surface area (Å²) >= 11 is 1.58. The first kappa shape index (κ1) is 14.5. The molecule has 0 bridgehead atoms. The van der Waals surface area contributed by atoms with E-state index < -0.39 is 5.91 Å². The molecule has 0 spiro atoms. The van der Waals surface area contributed by atoms with Gasteiger partial charge in [0.15, 0.2) is 11.2 Å². The van der Waals surface area contributed by atoms with E-state index in [9.17, 15) is 9.59 Å². The molecule has 8 heteroatoms. The van der Waals surface area contributed by atoms with Crippen molar-refractivity contribution in [2.24, 2.45) is 0 Å². The van der Waals surface area contributed by atoms with Gasteiger partial charge < -0.3 is 10.3 Å². The Balaban J connectivity index is 1.94. The average Bonchev–Trinajstić information content (AvgIpc) is 3.13. The van der Waals surface area contributed by atoms with Gasteiger partial charge in [0, 0.05) is 10.6 Å². The van der Waals surface area contributed by atoms with E-state index in [1.165, 1.54) is 4.52 Å². The molecule has 1 amide bonds. The van der Waals surface area contributed by atoms with Crippen molar-refractivity contribution < 1.29 is 4.79 Å². The fourth-order valence-electron chi connectivity index (χ4n) is 2.29. The number of fused-ring (bicyclic) bond motifs is 1. The van der Waals surface area contributed by atoms with Gasteiger partial charge in [-0.3, -0.25) is 9.59 Å². The number of thiophene rings is 1. The van der Waals surface area contributed by atoms with Crippen molar-refractivity contribution in [1.82, 2.24) is 25.1 Å². The van der Waals surface area contributed by atoms with Gasteiger partial charge >= 0.3 is 0 Å². The lowest BCUT2D eigenvalue weighted by atomic mass is 10.2. The van der Waals surface area contributed by atoms with Crippen LogP contribution < -0.4 is 10.9 Å². The molecule has 3 aromatic rings. The summed E-state index contributed by atoms with van der Waals surface area (Å²) in [5, 5.41) is 12.6. The average molecular weight is 317 g/mol. The van der Waals surface area contributed by atoms with Crippen LogP contribution in [0.3, 0.4) is 0 Å². The monoisotopic (exact) mass is 317 g/mol. The molecular formula is C14H15N5O2S. The van der Waals surface area contributed by atoms with E-state index in [4.69, 9.17) is 0 Å². The lowest BCUT2D eigenvalue weighted by Gasteiger charge is -2.14. The van der Waals surface area contributed by atoms with Crippen LogP contribution in [0.15, 0.2) is 28.5 Å². The maximum absolute atomic E-state index is 12.4. The smallest absolute Gasteiger partial charge is 0.276 e. The topological polar surface area (TPSA) is 92.2 Å². The third kappa shape index (κ3) is 2.52. The Kier molecular flexibility index (Phi) is 3.76. The van der Waals surface area contributed by atoms with Crippen molar-refractivity contribution in [3.63, 3.8) is 0 Å². The molecule has 0 saturated heterocycles. The fraction of sp³-hybridized carbons (Fsp3) is 0.286. The Morgan fingerprint density at radius 3 is 3.05 bits per heavy atom. The maximum atomic E-state index is 12.4. The molecule has 22 heavy (non-hydrogen) atoms. The molecule has 0 aliphatic carbocycles. The van der Waals surface area contributed by atoms with Crippen LogP contribution in [0, 0.1) is 6.92 Å². The van der Waals surface area contributed by atoms with Crippen LogP contribution in [-0.2, 0) is 0 Å². The second-order valence-electron chi connectivity index (χ2n) is 4.95. The largest absolute Gasteiger partial charge is 0.343 e. The Bertz CT molecular complexity index is 865. The molecule has 0 aliphatic heterocycles. The maximum Gasteiger partial charge on any atom is 0.276 e. The van der Waals surface area contributed by atoms with Crippen molar-refractivity contribution in [2.45, 2.75) is 26.3 Å². The standard InChI is InChI=1S/C14H15N5O2S/c1-3-9(10-5-4-6-22-10)16-13(20)11-12-14(21)15-8(2)7-19(12)18-17-11/h4-7,9H,3H2,1-2H3,(H,15,21)(H,16,20). The number of carbonyl (C=O) groups is 1. The van der Waals surface area contributed by atoms with Crippen LogP contribution in [0.4, 0.5) is 0 Å². The second kappa shape index (κ2) is 5.72. The zero-order chi connectivity index (χ0) is 15.7. The summed E-state index contributed by atoms with van der Waals surface area (Å²) < 4.78 is 1.33. The number of aryl methyl sites for hydroxylation is 1. The van der Waals surface area contributed by atoms with Crippen molar-refractivity contribution in [3.05, 3.63) is 50.3 Å². The molecule has 114 valence electrons. The minimum absolute atomic E-state index is 0.0382. The molecule has 1 atom stereocenters. The third-order valence-electron chi connectivity index (χ3n) is 3.35. The van der Waals surface area contributed by atoms with Crippen LogP contribution in [0.1, 0.15) is 40.4 Å². The number of carbonyl (C=O) groups excluding carboxylic acids is 1. The summed E-state index contributed by atoms with van der Waals surface area (Å²) in [6.45, 7) is 3.73. The van der Waals surface area contributed by atoms with E-state index in [-0.39, 0.29) is 22.8 Å². The third-order valence-corrected chi connectivity index (χ3v) is 4.34. The van der Waals surface area contributed by atoms with Gasteiger partial charge in [0.05, 0.1) is 12.2 Å². The number of hydrogen-bond donors (Lipinski definition) is 2. The van der Waals surface area contributed by atoms with Crippen LogP contribution in [-0.4, -0.2) is 25.7 Å². The molecule has 1 unspecified atom stereocenters. The molecule has 0 aromatic carbocycles. The van der Waals surface area contributed by atoms with E-state index in [1.54, 1.807) is 24.5 Å². The van der Waals surface area contributed by atoms with Crippen LogP contribution >= 0.6 is 11.3 Å². The van der Waals surface area contributed by atoms with Gasteiger partial charge in [-0.2, -0.15) is 0 Å². The number of amides is 1. The van der Waals surface area contributed by atoms with Gasteiger partial charge in [0.1, 0.15) is 0 Å². The highest BCUT2D eigenvalue weighted by Gasteiger charge is 2.21. The SMILES string of the molecule is CCC(NC(=O)c1nnn2cc(C)[nH]c(=O)c12)c1cccs1. The highest BCUT2D eigenvalue weighted by molar-refractivity contribution is 7.10. The van der Waals surface area contributed by atoms with Gasteiger partial charge in [-0.1, -0.05) is 18.2 Å². The van der Waals surface area contributed by atoms with Crippen molar-refractivity contribution >= 4 is 22.8 Å². The van der Waals surface area contributed by atoms with Crippen molar-refractivity contribution in [3.8, 4) is 0 Å². The number of H-pyrrole nitrogens is 1. The lowest BCUT2D eigenvalue weighted by Crippen LogP contribution is -2.29. The molecule has 7 nitrogen and oxygen atoms in total. The van der Waals surface area contributed by atoms with Crippen molar-refractivity contribution in [1.29, 1.82) is 0 Å². The van der Waals surface area contributed by atoms with Crippen molar-refractivity contribution in [2.75, 3.05) is 0 Å². The molecule has 3 aromatic heterocycles. The number of rotatable bonds is 4. The first-order chi connectivity index (χ1) is 10.6. The predicted molar refractivity (Wildman–Crippen MR) is 83.2 cm³/mol. The van der Waals surface area contributed by atoms with E-state index in [0.717, 1.165) is 11.3 Å². The molecule has 3 rings (SSSR count). The number of hydrogen-bond acceptors (Lipinski definition) is 5. The van der Waals surface area contributed by atoms with Gasteiger partial charge in [0.2, 0.25) is 0 Å². The molecular weight excluding hydrogens is 302 g/mol. The Labute approximate surface area is 130 Å². The summed E-state index contributed by atoms with van der Waals surface area (Å²) in [6, 6.07) is 3.81. The Morgan fingerprint density at radius 2 is 2.36 bits per heavy atom. The summed E-state index contributed by atoms with van der Waals surface area (Å²) in [6.07, 6.45) is 2.37. The predicted octanol–water partition coefficient (Wildman–Crippen LogP) is 1.67. The first-order valence-corrected chi connectivity index (χ1v) is 7.77. The quantitative estimate of drug-likeness (QED) is 0.765. The van der Waals surface area contributed by atoms with Gasteiger partial charge in [-0.25, -0.2) is 4.52 Å². The summed E-state index contributed by atoms with van der Waals surface area (Å²) in [5.41, 5.74) is 0.471. The number of nitrogens with one attached hydrogen (secondary N) is 2. The van der Waals surface area contributed by atoms with Crippen LogP contribution in [0.5, 0.6) is 0 Å². The second-order valence-corrected chi connectivity index (χ2v) is 5.93. The Morgan fingerprint density at radius 1 is 1.55 bits per heavy atom. The van der Waals surface area contributed by atoms with E-state index in [1.807, 2.05) is 24.4 Å². The fourth-order valence-corrected chi connectivity index (χ4v) is 3.15. The minimum Gasteiger partial charge on any atom is -0.343 e. The molecule has 3 heterocycles. The summed E-state index contributed by atoms with van der Waals surface area (Å²) in [5.74, 6) is -0.399. The first-order valence-electron chi connectivity index (χ1n) is 6.89. The zero-order valence-corrected chi connectivity index (χ0v) is 13.0. The van der Waals surface area contributed by atoms with Crippen LogP contribution in [0.25, 0.3) is 5.52 Å². The Hall–Kier alpha value is -2.48. The van der Waals surface area contributed by atoms with Crippen LogP contribution in [0.2, 0.25) is 0 Å². The van der Waals surface area contributed by atoms with E-state index in [0.29, 0.717) is 5.69 Å². The zero-order valence-electron chi connectivity index (χ0n) is 12.2. The highest BCUT2D eigenvalue weighted by atomic mass is 32.1. The summed E-state index contributed by atoms with van der Waals surface area (Å²) in [4.78, 5) is 28.2. The number of nitrogens with zero attached hydrogens (tertiary/aromatic N) is 3. The number of aromatic amines is 1. The highest BCUT2D eigenvalue weighted by Crippen LogP contribution is 2.22. The van der Waals surface area contributed by atoms with Gasteiger partial charge in [-0.05, 0) is 24.8 Å². The molecule has 0 saturated carbocycles. The van der Waals surface area contributed by atoms with Gasteiger partial charge in [0.25, 0.3) is 11.5 Å². The normalized spacial score (nSPS) is 12.5. The minimum atomic E-state index is -0.399. The lowest BCUT2D eigenvalue weighted by molar-refractivity contribution is 0.0932. The molecule has 0 radical (unpaired) electrons. The molecule has 2 N–H and O–H groups in total. The van der Waals surface area contributed by atoms with E-state index >= 15 is 0 Å². The summed E-state index contributed by atoms with van der Waals surface area (Å²) in [7, 11) is 0. The molecule has 0 aliphatic rings. The van der Waals surface area contributed by atoms with E-state index in [2.05, 4.69) is 20.6 Å².